The van der Waals surface area contributed by atoms with Crippen LogP contribution in [0.2, 0.25) is 0 Å². The number of ether oxygens (including phenoxy) is 2. The molecule has 1 N–H and O–H groups in total. The number of carboxylic acids is 1. The Kier molecular flexibility index (Phi) is 5.84. The average molecular weight is 375 g/mol. The Balaban J connectivity index is 2.10. The molecule has 0 aliphatic carbocycles. The second-order valence-electron chi connectivity index (χ2n) is 6.60. The van der Waals surface area contributed by atoms with Crippen LogP contribution in [0.3, 0.4) is 0 Å². The van der Waals surface area contributed by atoms with E-state index in [0.29, 0.717) is 6.54 Å². The fraction of sp³-hybridized carbons (Fsp3) is 0.450. The molecule has 0 saturated carbocycles. The largest absolute Gasteiger partial charge is 0.496 e. The Labute approximate surface area is 158 Å². The van der Waals surface area contributed by atoms with Crippen molar-refractivity contribution in [3.63, 3.8) is 0 Å². The molecular formula is C20H25NO4S. The fourth-order valence-corrected chi connectivity index (χ4v) is 4.72. The molecule has 5 nitrogen and oxygen atoms in total. The monoisotopic (exact) mass is 375 g/mol. The maximum atomic E-state index is 11.6. The summed E-state index contributed by atoms with van der Waals surface area (Å²) in [7, 11) is 3.32. The van der Waals surface area contributed by atoms with E-state index in [0.717, 1.165) is 36.4 Å². The van der Waals surface area contributed by atoms with Crippen molar-refractivity contribution >= 4 is 17.3 Å². The van der Waals surface area contributed by atoms with Crippen molar-refractivity contribution in [2.75, 3.05) is 27.3 Å². The van der Waals surface area contributed by atoms with E-state index < -0.39 is 5.97 Å². The highest BCUT2D eigenvalue weighted by Gasteiger charge is 2.34. The quantitative estimate of drug-likeness (QED) is 0.828. The number of carboxylic acid groups (broad SMARTS) is 1. The van der Waals surface area contributed by atoms with E-state index >= 15 is 0 Å². The van der Waals surface area contributed by atoms with Crippen molar-refractivity contribution in [1.29, 1.82) is 0 Å². The van der Waals surface area contributed by atoms with Gasteiger partial charge in [0.2, 0.25) is 0 Å². The molecule has 140 valence electrons. The number of aryl methyl sites for hydroxylation is 1. The zero-order valence-electron chi connectivity index (χ0n) is 15.4. The lowest BCUT2D eigenvalue weighted by Gasteiger charge is -2.37. The number of likely N-dealkylation sites (tertiary alicyclic amines) is 1. The van der Waals surface area contributed by atoms with Crippen molar-refractivity contribution in [3.8, 4) is 11.5 Å². The van der Waals surface area contributed by atoms with Crippen LogP contribution in [0.5, 0.6) is 11.5 Å². The van der Waals surface area contributed by atoms with Gasteiger partial charge in [-0.3, -0.25) is 9.69 Å². The minimum absolute atomic E-state index is 0.0815. The summed E-state index contributed by atoms with van der Waals surface area (Å²) in [6, 6.07) is 9.93. The normalized spacial score (nSPS) is 19.1. The summed E-state index contributed by atoms with van der Waals surface area (Å²) in [4.78, 5) is 16.2. The number of methoxy groups -OCH3 is 2. The van der Waals surface area contributed by atoms with Crippen LogP contribution in [0.15, 0.2) is 30.3 Å². The van der Waals surface area contributed by atoms with Gasteiger partial charge in [-0.25, -0.2) is 0 Å². The van der Waals surface area contributed by atoms with Gasteiger partial charge in [-0.05, 0) is 50.6 Å². The first kappa shape index (κ1) is 18.7. The molecule has 0 amide bonds. The van der Waals surface area contributed by atoms with Crippen LogP contribution in [-0.4, -0.2) is 43.3 Å². The van der Waals surface area contributed by atoms with Crippen LogP contribution in [0, 0.1) is 12.8 Å². The first-order valence-electron chi connectivity index (χ1n) is 8.79. The van der Waals surface area contributed by atoms with Gasteiger partial charge in [-0.15, -0.1) is 11.3 Å². The highest BCUT2D eigenvalue weighted by Crippen LogP contribution is 2.44. The minimum atomic E-state index is -0.720. The van der Waals surface area contributed by atoms with Crippen LogP contribution in [0.1, 0.15) is 34.2 Å². The molecule has 6 heteroatoms. The standard InChI is InChI=1S/C20H25NO4S/c1-13-9-10-17(26-13)19(21-11-5-6-14(12-21)20(22)23)18-15(24-2)7-4-8-16(18)25-3/h4,7-10,14,19H,5-6,11-12H2,1-3H3,(H,22,23). The van der Waals surface area contributed by atoms with E-state index in [9.17, 15) is 9.90 Å². The van der Waals surface area contributed by atoms with E-state index in [1.807, 2.05) is 18.2 Å². The SMILES string of the molecule is COc1cccc(OC)c1C(c1ccc(C)s1)N1CCCC(C(=O)O)C1. The number of hydrogen-bond donors (Lipinski definition) is 1. The van der Waals surface area contributed by atoms with E-state index in [2.05, 4.69) is 24.0 Å². The Morgan fingerprint density at radius 1 is 1.23 bits per heavy atom. The topological polar surface area (TPSA) is 59.0 Å². The maximum Gasteiger partial charge on any atom is 0.307 e. The molecule has 1 aromatic heterocycles. The maximum absolute atomic E-state index is 11.6. The van der Waals surface area contributed by atoms with Crippen molar-refractivity contribution in [2.45, 2.75) is 25.8 Å². The second-order valence-corrected chi connectivity index (χ2v) is 7.92. The highest BCUT2D eigenvalue weighted by molar-refractivity contribution is 7.12. The lowest BCUT2D eigenvalue weighted by atomic mass is 9.93. The van der Waals surface area contributed by atoms with E-state index in [1.54, 1.807) is 25.6 Å². The summed E-state index contributed by atoms with van der Waals surface area (Å²) < 4.78 is 11.3. The molecule has 1 aliphatic rings. The molecule has 0 radical (unpaired) electrons. The summed E-state index contributed by atoms with van der Waals surface area (Å²) in [5, 5.41) is 9.51. The Morgan fingerprint density at radius 3 is 2.46 bits per heavy atom. The van der Waals surface area contributed by atoms with Gasteiger partial charge in [0, 0.05) is 16.3 Å². The first-order valence-corrected chi connectivity index (χ1v) is 9.61. The summed E-state index contributed by atoms with van der Waals surface area (Å²) in [6.45, 7) is 3.46. The smallest absolute Gasteiger partial charge is 0.307 e. The lowest BCUT2D eigenvalue weighted by molar-refractivity contribution is -0.143. The third-order valence-electron chi connectivity index (χ3n) is 4.94. The third-order valence-corrected chi connectivity index (χ3v) is 5.99. The molecule has 2 aromatic rings. The first-order chi connectivity index (χ1) is 12.5. The third kappa shape index (κ3) is 3.71. The van der Waals surface area contributed by atoms with Crippen LogP contribution in [0.25, 0.3) is 0 Å². The van der Waals surface area contributed by atoms with E-state index in [1.165, 1.54) is 9.75 Å². The molecule has 26 heavy (non-hydrogen) atoms. The molecular weight excluding hydrogens is 350 g/mol. The number of rotatable bonds is 6. The average Bonchev–Trinajstić information content (AvgIpc) is 3.08. The Hall–Kier alpha value is -2.05. The van der Waals surface area contributed by atoms with Crippen LogP contribution in [0.4, 0.5) is 0 Å². The highest BCUT2D eigenvalue weighted by atomic mass is 32.1. The zero-order valence-corrected chi connectivity index (χ0v) is 16.2. The molecule has 3 rings (SSSR count). The van der Waals surface area contributed by atoms with Gasteiger partial charge in [-0.1, -0.05) is 6.07 Å². The predicted octanol–water partition coefficient (Wildman–Crippen LogP) is 3.96. The van der Waals surface area contributed by atoms with Crippen molar-refractivity contribution < 1.29 is 19.4 Å². The molecule has 1 aromatic carbocycles. The number of thiophene rings is 1. The summed E-state index contributed by atoms with van der Waals surface area (Å²) in [6.07, 6.45) is 1.60. The molecule has 2 atom stereocenters. The molecule has 1 aliphatic heterocycles. The van der Waals surface area contributed by atoms with Crippen molar-refractivity contribution in [1.82, 2.24) is 4.90 Å². The summed E-state index contributed by atoms with van der Waals surface area (Å²) >= 11 is 1.73. The molecule has 0 bridgehead atoms. The van der Waals surface area contributed by atoms with Crippen molar-refractivity contribution in [3.05, 3.63) is 45.6 Å². The van der Waals surface area contributed by atoms with Gasteiger partial charge in [-0.2, -0.15) is 0 Å². The van der Waals surface area contributed by atoms with Gasteiger partial charge < -0.3 is 14.6 Å². The number of aliphatic carboxylic acids is 1. The minimum Gasteiger partial charge on any atom is -0.496 e. The van der Waals surface area contributed by atoms with Crippen molar-refractivity contribution in [2.24, 2.45) is 5.92 Å². The zero-order chi connectivity index (χ0) is 18.7. The molecule has 0 spiro atoms. The number of hydrogen-bond acceptors (Lipinski definition) is 5. The van der Waals surface area contributed by atoms with Gasteiger partial charge in [0.05, 0.1) is 31.7 Å². The Bertz CT molecular complexity index is 751. The Morgan fingerprint density at radius 2 is 1.92 bits per heavy atom. The molecule has 1 saturated heterocycles. The number of nitrogens with zero attached hydrogens (tertiary/aromatic N) is 1. The van der Waals surface area contributed by atoms with Crippen LogP contribution in [-0.2, 0) is 4.79 Å². The number of piperidine rings is 1. The van der Waals surface area contributed by atoms with Gasteiger partial charge >= 0.3 is 5.97 Å². The van der Waals surface area contributed by atoms with Gasteiger partial charge in [0.1, 0.15) is 11.5 Å². The summed E-state index contributed by atoms with van der Waals surface area (Å²) in [5.74, 6) is 0.464. The van der Waals surface area contributed by atoms with Crippen LogP contribution >= 0.6 is 11.3 Å². The molecule has 2 unspecified atom stereocenters. The van der Waals surface area contributed by atoms with E-state index in [4.69, 9.17) is 9.47 Å². The second kappa shape index (κ2) is 8.10. The lowest BCUT2D eigenvalue weighted by Crippen LogP contribution is -2.41. The summed E-state index contributed by atoms with van der Waals surface area (Å²) in [5.41, 5.74) is 0.963. The van der Waals surface area contributed by atoms with Crippen LogP contribution < -0.4 is 9.47 Å². The molecule has 1 fully saturated rings. The fourth-order valence-electron chi connectivity index (χ4n) is 3.70. The predicted molar refractivity (Wildman–Crippen MR) is 102 cm³/mol. The molecule has 2 heterocycles. The van der Waals surface area contributed by atoms with Gasteiger partial charge in [0.15, 0.2) is 0 Å². The van der Waals surface area contributed by atoms with Gasteiger partial charge in [0.25, 0.3) is 0 Å². The number of benzene rings is 1. The number of carbonyl (C=O) groups is 1. The van der Waals surface area contributed by atoms with E-state index in [-0.39, 0.29) is 12.0 Å².